The van der Waals surface area contributed by atoms with Crippen LogP contribution in [0.2, 0.25) is 0 Å². The second kappa shape index (κ2) is 9.16. The fourth-order valence-corrected chi connectivity index (χ4v) is 12.4. The van der Waals surface area contributed by atoms with Gasteiger partial charge in [0.1, 0.15) is 0 Å². The van der Waals surface area contributed by atoms with Crippen molar-refractivity contribution >= 4 is 23.2 Å². The van der Waals surface area contributed by atoms with Crippen molar-refractivity contribution in [3.8, 4) is 0 Å². The molecule has 3 N–H and O–H groups in total. The maximum atomic E-state index is 14.4. The van der Waals surface area contributed by atoms with E-state index in [-0.39, 0.29) is 52.8 Å². The molecule has 9 rings (SSSR count). The van der Waals surface area contributed by atoms with Crippen LogP contribution in [0.15, 0.2) is 48.1 Å². The van der Waals surface area contributed by atoms with Crippen LogP contribution in [0.4, 0.5) is 5.69 Å². The van der Waals surface area contributed by atoms with Crippen molar-refractivity contribution in [3.63, 3.8) is 0 Å². The monoisotopic (exact) mass is 598 g/mol. The van der Waals surface area contributed by atoms with Gasteiger partial charge in [-0.2, -0.15) is 0 Å². The Morgan fingerprint density at radius 3 is 2.55 bits per heavy atom. The summed E-state index contributed by atoms with van der Waals surface area (Å²) >= 11 is 0. The molecule has 44 heavy (non-hydrogen) atoms. The minimum Gasteiger partial charge on any atom is -0.458 e. The maximum absolute atomic E-state index is 14.4. The number of nitrogens with zero attached hydrogens (tertiary/aromatic N) is 1. The van der Waals surface area contributed by atoms with Crippen LogP contribution in [0.3, 0.4) is 0 Å². The number of rotatable bonds is 6. The maximum Gasteiger partial charge on any atom is 0.303 e. The first-order valence-electron chi connectivity index (χ1n) is 16.7. The standard InChI is InChI=1S/C37H46N2O5/c1-22(40)44-17-31(43)37-21-39(26-7-4-23(5-8-26)14-35-18-36(38,19-35)20-35)16-25(37)13-29-28-9-6-24-12-27(41)10-11-33(24,2)32(28)30(42)15-34(29,37)3/h4-5,7-8,10-12,25,28-30,32,42H,6,9,13-21,38H2,1-3H3/t25-,28-,29-,30-,32+,33-,34-,35?,36?,37+/m0/s1. The van der Waals surface area contributed by atoms with E-state index in [0.717, 1.165) is 62.8 Å². The zero-order valence-electron chi connectivity index (χ0n) is 26.3. The third-order valence-corrected chi connectivity index (χ3v) is 14.0. The van der Waals surface area contributed by atoms with Crippen LogP contribution in [0.25, 0.3) is 0 Å². The molecule has 1 saturated heterocycles. The van der Waals surface area contributed by atoms with E-state index in [9.17, 15) is 19.5 Å². The summed E-state index contributed by atoms with van der Waals surface area (Å²) in [5, 5.41) is 12.0. The first-order chi connectivity index (χ1) is 20.8. The number of nitrogens with two attached hydrogens (primary N) is 1. The molecular weight excluding hydrogens is 552 g/mol. The van der Waals surface area contributed by atoms with Crippen molar-refractivity contribution < 1.29 is 24.2 Å². The van der Waals surface area contributed by atoms with Gasteiger partial charge < -0.3 is 20.5 Å². The number of benzene rings is 1. The molecule has 1 aromatic rings. The van der Waals surface area contributed by atoms with Crippen LogP contribution in [0, 0.1) is 45.3 Å². The Hall–Kier alpha value is -2.77. The lowest BCUT2D eigenvalue weighted by molar-refractivity contribution is -0.163. The van der Waals surface area contributed by atoms with Gasteiger partial charge in [0.15, 0.2) is 18.2 Å². The topological polar surface area (TPSA) is 110 Å². The number of carbonyl (C=O) groups is 3. The zero-order chi connectivity index (χ0) is 30.9. The summed E-state index contributed by atoms with van der Waals surface area (Å²) in [4.78, 5) is 40.9. The molecule has 7 fully saturated rings. The minimum atomic E-state index is -0.714. The largest absolute Gasteiger partial charge is 0.458 e. The third kappa shape index (κ3) is 3.78. The minimum absolute atomic E-state index is 0.00225. The van der Waals surface area contributed by atoms with Crippen molar-refractivity contribution in [2.75, 3.05) is 24.6 Å². The van der Waals surface area contributed by atoms with Crippen molar-refractivity contribution in [3.05, 3.63) is 53.6 Å². The third-order valence-electron chi connectivity index (χ3n) is 14.0. The number of Topliss-reactive ketones (excluding diaryl/α,β-unsaturated/α-hetero) is 1. The van der Waals surface area contributed by atoms with Crippen LogP contribution >= 0.6 is 0 Å². The number of esters is 1. The lowest BCUT2D eigenvalue weighted by Gasteiger charge is -2.69. The highest BCUT2D eigenvalue weighted by atomic mass is 16.5. The first kappa shape index (κ1) is 28.7. The van der Waals surface area contributed by atoms with Crippen LogP contribution in [-0.4, -0.2) is 54.0 Å². The van der Waals surface area contributed by atoms with Crippen molar-refractivity contribution in [1.82, 2.24) is 0 Å². The highest BCUT2D eigenvalue weighted by Gasteiger charge is 2.73. The molecule has 0 aromatic heterocycles. The molecule has 7 aliphatic carbocycles. The lowest BCUT2D eigenvalue weighted by Crippen LogP contribution is -2.72. The van der Waals surface area contributed by atoms with E-state index in [2.05, 4.69) is 43.0 Å². The second-order valence-electron chi connectivity index (χ2n) is 16.4. The smallest absolute Gasteiger partial charge is 0.303 e. The number of fused-ring (bicyclic) bond motifs is 7. The number of anilines is 1. The fourth-order valence-electron chi connectivity index (χ4n) is 12.4. The SMILES string of the molecule is CC(=O)OCC(=O)[C@@]12CN(c3ccc(CC45CC(N)(C4)C5)cc3)C[C@@H]1C[C@H]1[C@@H]3CCC4=CC(=O)C=C[C@]4(C)[C@H]3[C@@H](O)C[C@@]12C. The van der Waals surface area contributed by atoms with E-state index >= 15 is 0 Å². The summed E-state index contributed by atoms with van der Waals surface area (Å²) in [6.07, 6.45) is 12.6. The Balaban J connectivity index is 1.10. The number of ether oxygens (including phenoxy) is 1. The van der Waals surface area contributed by atoms with Gasteiger partial charge in [-0.05, 0) is 110 Å². The normalized spacial score (nSPS) is 46.1. The fraction of sp³-hybridized carbons (Fsp3) is 0.649. The number of hydrogen-bond acceptors (Lipinski definition) is 7. The summed E-state index contributed by atoms with van der Waals surface area (Å²) < 4.78 is 5.38. The van der Waals surface area contributed by atoms with E-state index in [1.54, 1.807) is 12.2 Å². The number of carbonyl (C=O) groups excluding carboxylic acids is 3. The van der Waals surface area contributed by atoms with Crippen molar-refractivity contribution in [2.45, 2.75) is 83.8 Å². The summed E-state index contributed by atoms with van der Waals surface area (Å²) in [5.41, 5.74) is 8.94. The molecule has 0 amide bonds. The lowest BCUT2D eigenvalue weighted by atomic mass is 9.38. The Morgan fingerprint density at radius 2 is 1.86 bits per heavy atom. The van der Waals surface area contributed by atoms with E-state index in [1.165, 1.54) is 12.5 Å². The van der Waals surface area contributed by atoms with Gasteiger partial charge in [-0.1, -0.05) is 37.6 Å². The predicted molar refractivity (Wildman–Crippen MR) is 167 cm³/mol. The average Bonchev–Trinajstić information content (AvgIpc) is 3.44. The van der Waals surface area contributed by atoms with Crippen molar-refractivity contribution in [1.29, 1.82) is 0 Å². The Kier molecular flexibility index (Phi) is 5.97. The van der Waals surface area contributed by atoms with E-state index in [4.69, 9.17) is 10.5 Å². The van der Waals surface area contributed by atoms with Crippen LogP contribution in [0.1, 0.15) is 71.3 Å². The summed E-state index contributed by atoms with van der Waals surface area (Å²) in [5.74, 6) is 0.248. The Morgan fingerprint density at radius 1 is 1.14 bits per heavy atom. The van der Waals surface area contributed by atoms with Gasteiger partial charge in [-0.3, -0.25) is 14.4 Å². The number of aliphatic hydroxyl groups excluding tert-OH is 1. The molecule has 8 atom stereocenters. The summed E-state index contributed by atoms with van der Waals surface area (Å²) in [6, 6.07) is 8.91. The molecule has 234 valence electrons. The van der Waals surface area contributed by atoms with Crippen LogP contribution < -0.4 is 10.6 Å². The molecule has 0 radical (unpaired) electrons. The van der Waals surface area contributed by atoms with Crippen LogP contribution in [0.5, 0.6) is 0 Å². The molecule has 8 aliphatic rings. The van der Waals surface area contributed by atoms with E-state index < -0.39 is 22.9 Å². The highest BCUT2D eigenvalue weighted by Crippen LogP contribution is 2.73. The predicted octanol–water partition coefficient (Wildman–Crippen LogP) is 4.55. The highest BCUT2D eigenvalue weighted by molar-refractivity contribution is 6.01. The van der Waals surface area contributed by atoms with Gasteiger partial charge in [-0.15, -0.1) is 0 Å². The number of ketones is 2. The molecule has 7 nitrogen and oxygen atoms in total. The van der Waals surface area contributed by atoms with Gasteiger partial charge in [0.25, 0.3) is 0 Å². The first-order valence-corrected chi connectivity index (χ1v) is 16.7. The molecule has 1 heterocycles. The molecule has 6 saturated carbocycles. The van der Waals surface area contributed by atoms with Gasteiger partial charge in [0, 0.05) is 42.6 Å². The van der Waals surface area contributed by atoms with Gasteiger partial charge in [0.2, 0.25) is 0 Å². The zero-order valence-corrected chi connectivity index (χ0v) is 26.3. The van der Waals surface area contributed by atoms with E-state index in [1.807, 2.05) is 6.08 Å². The summed E-state index contributed by atoms with van der Waals surface area (Å²) in [7, 11) is 0. The Labute approximate surface area is 260 Å². The van der Waals surface area contributed by atoms with Crippen LogP contribution in [-0.2, 0) is 25.5 Å². The molecule has 1 aromatic carbocycles. The van der Waals surface area contributed by atoms with Gasteiger partial charge >= 0.3 is 5.97 Å². The molecular formula is C37H46N2O5. The molecule has 0 spiro atoms. The number of allylic oxidation sites excluding steroid dienone is 4. The Bertz CT molecular complexity index is 1490. The van der Waals surface area contributed by atoms with Gasteiger partial charge in [-0.25, -0.2) is 0 Å². The van der Waals surface area contributed by atoms with Crippen molar-refractivity contribution in [2.24, 2.45) is 51.1 Å². The average molecular weight is 599 g/mol. The number of hydrogen-bond donors (Lipinski definition) is 2. The molecule has 2 bridgehead atoms. The molecule has 0 unspecified atom stereocenters. The van der Waals surface area contributed by atoms with Gasteiger partial charge in [0.05, 0.1) is 11.5 Å². The summed E-state index contributed by atoms with van der Waals surface area (Å²) in [6.45, 7) is 6.93. The second-order valence-corrected chi connectivity index (χ2v) is 16.4. The van der Waals surface area contributed by atoms with E-state index in [0.29, 0.717) is 18.4 Å². The number of aliphatic hydroxyl groups is 1. The molecule has 7 heteroatoms. The molecule has 1 aliphatic heterocycles. The quantitative estimate of drug-likeness (QED) is 0.462.